The number of rotatable bonds is 4. The minimum absolute atomic E-state index is 0.138. The van der Waals surface area contributed by atoms with E-state index >= 15 is 0 Å². The maximum absolute atomic E-state index is 12.9. The quantitative estimate of drug-likeness (QED) is 0.667. The van der Waals surface area contributed by atoms with Crippen molar-refractivity contribution >= 4 is 0 Å². The molecule has 3 heteroatoms. The maximum atomic E-state index is 12.9. The van der Waals surface area contributed by atoms with Crippen LogP contribution in [0.1, 0.15) is 20.3 Å². The van der Waals surface area contributed by atoms with E-state index in [-0.39, 0.29) is 5.41 Å². The molecule has 0 saturated carbocycles. The second-order valence-electron chi connectivity index (χ2n) is 4.72. The lowest BCUT2D eigenvalue weighted by Crippen LogP contribution is -2.35. The Morgan fingerprint density at radius 3 is 2.69 bits per heavy atom. The Morgan fingerprint density at radius 2 is 2.23 bits per heavy atom. The molecule has 1 heterocycles. The molecule has 78 valence electrons. The molecule has 0 aromatic rings. The van der Waals surface area contributed by atoms with Gasteiger partial charge in [0.05, 0.1) is 6.61 Å². The second-order valence-corrected chi connectivity index (χ2v) is 4.72. The Kier molecular flexibility index (Phi) is 3.68. The predicted molar refractivity (Wildman–Crippen MR) is 51.6 cm³/mol. The first-order valence-corrected chi connectivity index (χ1v) is 4.89. The summed E-state index contributed by atoms with van der Waals surface area (Å²) in [6, 6.07) is 0. The number of ether oxygens (including phenoxy) is 1. The molecular weight excluding hydrogens is 169 g/mol. The van der Waals surface area contributed by atoms with E-state index in [0.717, 1.165) is 19.7 Å². The van der Waals surface area contributed by atoms with Crippen LogP contribution in [0.25, 0.3) is 0 Å². The lowest BCUT2D eigenvalue weighted by Gasteiger charge is -2.29. The summed E-state index contributed by atoms with van der Waals surface area (Å²) in [6.45, 7) is 7.48. The third-order valence-electron chi connectivity index (χ3n) is 2.40. The van der Waals surface area contributed by atoms with Crippen molar-refractivity contribution < 1.29 is 9.13 Å². The molecule has 0 aromatic carbocycles. The molecule has 0 aromatic heterocycles. The van der Waals surface area contributed by atoms with Gasteiger partial charge in [0.2, 0.25) is 0 Å². The van der Waals surface area contributed by atoms with E-state index in [9.17, 15) is 4.39 Å². The van der Waals surface area contributed by atoms with Gasteiger partial charge in [-0.3, -0.25) is 4.90 Å². The minimum Gasteiger partial charge on any atom is -0.384 e. The largest absolute Gasteiger partial charge is 0.384 e. The highest BCUT2D eigenvalue weighted by atomic mass is 19.1. The minimum atomic E-state index is -0.613. The fourth-order valence-electron chi connectivity index (χ4n) is 1.97. The van der Waals surface area contributed by atoms with Crippen molar-refractivity contribution in [1.82, 2.24) is 4.90 Å². The van der Waals surface area contributed by atoms with Crippen molar-refractivity contribution in [3.63, 3.8) is 0 Å². The van der Waals surface area contributed by atoms with E-state index in [1.807, 2.05) is 0 Å². The lowest BCUT2D eigenvalue weighted by molar-refractivity contribution is 0.0751. The number of halogens is 1. The van der Waals surface area contributed by atoms with Gasteiger partial charge in [0, 0.05) is 32.2 Å². The van der Waals surface area contributed by atoms with Crippen molar-refractivity contribution in [2.24, 2.45) is 5.41 Å². The van der Waals surface area contributed by atoms with Crippen molar-refractivity contribution in [3.8, 4) is 0 Å². The van der Waals surface area contributed by atoms with Crippen LogP contribution in [0.15, 0.2) is 0 Å². The molecule has 0 aliphatic carbocycles. The van der Waals surface area contributed by atoms with Crippen molar-refractivity contribution in [1.29, 1.82) is 0 Å². The molecular formula is C10H20FNO. The molecule has 1 fully saturated rings. The second kappa shape index (κ2) is 4.38. The molecule has 0 unspecified atom stereocenters. The molecule has 0 spiro atoms. The van der Waals surface area contributed by atoms with E-state index in [1.165, 1.54) is 0 Å². The zero-order chi connectivity index (χ0) is 9.90. The summed E-state index contributed by atoms with van der Waals surface area (Å²) in [5.74, 6) is 0. The van der Waals surface area contributed by atoms with E-state index < -0.39 is 6.17 Å². The maximum Gasteiger partial charge on any atom is 0.114 e. The van der Waals surface area contributed by atoms with Gasteiger partial charge in [-0.2, -0.15) is 0 Å². The van der Waals surface area contributed by atoms with Crippen molar-refractivity contribution in [2.45, 2.75) is 26.4 Å². The summed E-state index contributed by atoms with van der Waals surface area (Å²) in [7, 11) is 1.71. The first kappa shape index (κ1) is 10.9. The summed E-state index contributed by atoms with van der Waals surface area (Å²) < 4.78 is 18.0. The highest BCUT2D eigenvalue weighted by molar-refractivity contribution is 4.80. The first-order chi connectivity index (χ1) is 6.03. The summed E-state index contributed by atoms with van der Waals surface area (Å²) in [6.07, 6.45) is 0.0848. The van der Waals surface area contributed by atoms with Gasteiger partial charge in [-0.05, 0) is 6.42 Å². The molecule has 1 aliphatic heterocycles. The number of likely N-dealkylation sites (tertiary alicyclic amines) is 1. The van der Waals surface area contributed by atoms with Crippen LogP contribution >= 0.6 is 0 Å². The molecule has 0 radical (unpaired) electrons. The van der Waals surface area contributed by atoms with E-state index in [4.69, 9.17) is 4.74 Å². The average Bonchev–Trinajstić information content (AvgIpc) is 2.34. The van der Waals surface area contributed by atoms with Gasteiger partial charge < -0.3 is 4.74 Å². The zero-order valence-electron chi connectivity index (χ0n) is 8.85. The van der Waals surface area contributed by atoms with Crippen molar-refractivity contribution in [2.75, 3.05) is 33.4 Å². The fraction of sp³-hybridized carbons (Fsp3) is 1.00. The van der Waals surface area contributed by atoms with Gasteiger partial charge >= 0.3 is 0 Å². The van der Waals surface area contributed by atoms with Crippen molar-refractivity contribution in [3.05, 3.63) is 0 Å². The van der Waals surface area contributed by atoms with E-state index in [0.29, 0.717) is 13.0 Å². The van der Waals surface area contributed by atoms with Crippen LogP contribution < -0.4 is 0 Å². The van der Waals surface area contributed by atoms with Gasteiger partial charge in [-0.1, -0.05) is 13.8 Å². The van der Waals surface area contributed by atoms with E-state index in [2.05, 4.69) is 18.7 Å². The highest BCUT2D eigenvalue weighted by Crippen LogP contribution is 2.21. The van der Waals surface area contributed by atoms with Crippen LogP contribution in [0.2, 0.25) is 0 Å². The monoisotopic (exact) mass is 189 g/mol. The molecule has 2 nitrogen and oxygen atoms in total. The normalized spacial score (nSPS) is 25.4. The molecule has 13 heavy (non-hydrogen) atoms. The van der Waals surface area contributed by atoms with E-state index in [1.54, 1.807) is 7.11 Å². The number of alkyl halides is 1. The summed E-state index contributed by atoms with van der Waals surface area (Å²) in [4.78, 5) is 2.18. The Hall–Kier alpha value is -0.150. The number of hydrogen-bond acceptors (Lipinski definition) is 2. The third-order valence-corrected chi connectivity index (χ3v) is 2.40. The topological polar surface area (TPSA) is 12.5 Å². The van der Waals surface area contributed by atoms with Crippen LogP contribution in [-0.4, -0.2) is 44.4 Å². The summed E-state index contributed by atoms with van der Waals surface area (Å²) in [5.41, 5.74) is 0.138. The summed E-state index contributed by atoms with van der Waals surface area (Å²) >= 11 is 0. The highest BCUT2D eigenvalue weighted by Gasteiger charge is 2.27. The molecule has 1 saturated heterocycles. The van der Waals surface area contributed by atoms with Crippen LogP contribution in [0.5, 0.6) is 0 Å². The standard InChI is InChI=1S/C10H20FNO/c1-10(2,8-13-3)7-12-5-4-9(11)6-12/h9H,4-8H2,1-3H3/t9-/m1/s1. The van der Waals surface area contributed by atoms with Crippen LogP contribution in [0.3, 0.4) is 0 Å². The Morgan fingerprint density at radius 1 is 1.54 bits per heavy atom. The Balaban J connectivity index is 2.30. The molecule has 0 amide bonds. The molecule has 1 aliphatic rings. The van der Waals surface area contributed by atoms with Gasteiger partial charge in [0.15, 0.2) is 0 Å². The fourth-order valence-corrected chi connectivity index (χ4v) is 1.97. The number of nitrogens with zero attached hydrogens (tertiary/aromatic N) is 1. The van der Waals surface area contributed by atoms with Gasteiger partial charge in [-0.15, -0.1) is 0 Å². The smallest absolute Gasteiger partial charge is 0.114 e. The Labute approximate surface area is 80.1 Å². The Bertz CT molecular complexity index is 161. The summed E-state index contributed by atoms with van der Waals surface area (Å²) in [5, 5.41) is 0. The molecule has 1 rings (SSSR count). The lowest BCUT2D eigenvalue weighted by atomic mass is 9.94. The van der Waals surface area contributed by atoms with Gasteiger partial charge in [-0.25, -0.2) is 4.39 Å². The zero-order valence-corrected chi connectivity index (χ0v) is 8.85. The predicted octanol–water partition coefficient (Wildman–Crippen LogP) is 1.70. The third kappa shape index (κ3) is 3.61. The first-order valence-electron chi connectivity index (χ1n) is 4.89. The average molecular weight is 189 g/mol. The number of hydrogen-bond donors (Lipinski definition) is 0. The van der Waals surface area contributed by atoms with Crippen LogP contribution in [0.4, 0.5) is 4.39 Å². The SMILES string of the molecule is COCC(C)(C)CN1CC[C@@H](F)C1. The van der Waals surface area contributed by atoms with Gasteiger partial charge in [0.25, 0.3) is 0 Å². The molecule has 0 N–H and O–H groups in total. The van der Waals surface area contributed by atoms with Crippen LogP contribution in [0, 0.1) is 5.41 Å². The number of methoxy groups -OCH3 is 1. The van der Waals surface area contributed by atoms with Crippen LogP contribution in [-0.2, 0) is 4.74 Å². The molecule has 1 atom stereocenters. The van der Waals surface area contributed by atoms with Gasteiger partial charge in [0.1, 0.15) is 6.17 Å². The molecule has 0 bridgehead atoms.